The summed E-state index contributed by atoms with van der Waals surface area (Å²) in [6, 6.07) is 12.7. The fraction of sp³-hybridized carbons (Fsp3) is 0.200. The molecule has 2 aromatic heterocycles. The van der Waals surface area contributed by atoms with Crippen molar-refractivity contribution in [2.24, 2.45) is 0 Å². The Labute approximate surface area is 168 Å². The average molecular weight is 415 g/mol. The maximum absolute atomic E-state index is 13.4. The largest absolute Gasteiger partial charge is 0.347 e. The van der Waals surface area contributed by atoms with Crippen LogP contribution in [-0.4, -0.2) is 32.1 Å². The number of aromatic nitrogens is 4. The van der Waals surface area contributed by atoms with Gasteiger partial charge in [0.2, 0.25) is 0 Å². The minimum absolute atomic E-state index is 0.0729. The molecule has 0 saturated carbocycles. The summed E-state index contributed by atoms with van der Waals surface area (Å²) in [5.74, 6) is -1.52. The predicted octanol–water partition coefficient (Wildman–Crippen LogP) is 3.52. The topological polar surface area (TPSA) is 85.8 Å². The van der Waals surface area contributed by atoms with Crippen LogP contribution >= 0.6 is 0 Å². The van der Waals surface area contributed by atoms with Gasteiger partial charge in [-0.3, -0.25) is 4.79 Å². The van der Waals surface area contributed by atoms with Crippen LogP contribution in [0.4, 0.5) is 13.2 Å². The normalized spacial score (nSPS) is 11.3. The van der Waals surface area contributed by atoms with Gasteiger partial charge in [-0.1, -0.05) is 29.4 Å². The highest BCUT2D eigenvalue weighted by Gasteiger charge is 2.21. The van der Waals surface area contributed by atoms with Gasteiger partial charge in [-0.25, -0.2) is 18.2 Å². The maximum atomic E-state index is 13.4. The van der Waals surface area contributed by atoms with Crippen molar-refractivity contribution in [1.82, 2.24) is 25.0 Å². The van der Waals surface area contributed by atoms with Crippen LogP contribution < -0.4 is 5.32 Å². The third-order valence-corrected chi connectivity index (χ3v) is 4.45. The standard InChI is InChI=1S/C20H16F3N5O2/c21-13-7-5-12(6-8-13)9-10-24-19(29)20-26-16(27-30-20)11-28-15-4-2-1-3-14(15)25-18(28)17(22)23/h1-8,17H,9-11H2,(H,24,29). The Balaban J connectivity index is 1.43. The van der Waals surface area contributed by atoms with E-state index in [2.05, 4.69) is 20.4 Å². The zero-order chi connectivity index (χ0) is 21.1. The highest BCUT2D eigenvalue weighted by Crippen LogP contribution is 2.24. The summed E-state index contributed by atoms with van der Waals surface area (Å²) in [5, 5.41) is 6.34. The molecule has 0 aliphatic carbocycles. The summed E-state index contributed by atoms with van der Waals surface area (Å²) in [6.45, 7) is 0.163. The van der Waals surface area contributed by atoms with Gasteiger partial charge in [0.05, 0.1) is 17.6 Å². The van der Waals surface area contributed by atoms with Gasteiger partial charge in [0.15, 0.2) is 11.6 Å². The molecule has 154 valence electrons. The van der Waals surface area contributed by atoms with E-state index in [1.165, 1.54) is 16.7 Å². The van der Waals surface area contributed by atoms with Gasteiger partial charge in [0, 0.05) is 6.54 Å². The summed E-state index contributed by atoms with van der Waals surface area (Å²) in [4.78, 5) is 20.1. The van der Waals surface area contributed by atoms with E-state index in [4.69, 9.17) is 4.52 Å². The highest BCUT2D eigenvalue weighted by atomic mass is 19.3. The van der Waals surface area contributed by atoms with E-state index in [-0.39, 0.29) is 30.6 Å². The maximum Gasteiger partial charge on any atom is 0.316 e. The van der Waals surface area contributed by atoms with Crippen molar-refractivity contribution in [2.75, 3.05) is 6.54 Å². The molecule has 30 heavy (non-hydrogen) atoms. The first-order valence-corrected chi connectivity index (χ1v) is 9.10. The van der Waals surface area contributed by atoms with Crippen LogP contribution in [0.1, 0.15) is 34.3 Å². The molecular formula is C20H16F3N5O2. The molecule has 0 spiro atoms. The number of hydrogen-bond donors (Lipinski definition) is 1. The molecule has 0 aliphatic rings. The van der Waals surface area contributed by atoms with Crippen LogP contribution in [0.25, 0.3) is 11.0 Å². The zero-order valence-corrected chi connectivity index (χ0v) is 15.6. The number of hydrogen-bond acceptors (Lipinski definition) is 5. The molecule has 0 atom stereocenters. The van der Waals surface area contributed by atoms with Crippen molar-refractivity contribution >= 4 is 16.9 Å². The van der Waals surface area contributed by atoms with E-state index in [1.54, 1.807) is 36.4 Å². The smallest absolute Gasteiger partial charge is 0.316 e. The van der Waals surface area contributed by atoms with Crippen molar-refractivity contribution in [3.05, 3.63) is 77.5 Å². The lowest BCUT2D eigenvalue weighted by Gasteiger charge is -2.05. The highest BCUT2D eigenvalue weighted by molar-refractivity contribution is 5.89. The first-order valence-electron chi connectivity index (χ1n) is 9.10. The van der Waals surface area contributed by atoms with Gasteiger partial charge in [-0.2, -0.15) is 4.98 Å². The molecule has 2 heterocycles. The second-order valence-electron chi connectivity index (χ2n) is 6.49. The molecule has 1 amide bonds. The van der Waals surface area contributed by atoms with Gasteiger partial charge in [-0.05, 0) is 36.2 Å². The Hall–Kier alpha value is -3.69. The molecule has 0 aliphatic heterocycles. The number of rotatable bonds is 7. The van der Waals surface area contributed by atoms with Gasteiger partial charge < -0.3 is 14.4 Å². The van der Waals surface area contributed by atoms with E-state index in [0.29, 0.717) is 17.5 Å². The van der Waals surface area contributed by atoms with Gasteiger partial charge in [0.1, 0.15) is 5.82 Å². The van der Waals surface area contributed by atoms with E-state index < -0.39 is 18.2 Å². The molecule has 0 saturated heterocycles. The minimum Gasteiger partial charge on any atom is -0.347 e. The fourth-order valence-electron chi connectivity index (χ4n) is 3.03. The number of imidazole rings is 1. The van der Waals surface area contributed by atoms with E-state index in [0.717, 1.165) is 5.56 Å². The summed E-state index contributed by atoms with van der Waals surface area (Å²) < 4.78 is 45.9. The average Bonchev–Trinajstić information content (AvgIpc) is 3.35. The molecule has 4 rings (SSSR count). The second kappa shape index (κ2) is 8.36. The molecule has 1 N–H and O–H groups in total. The number of halogens is 3. The zero-order valence-electron chi connectivity index (χ0n) is 15.6. The summed E-state index contributed by atoms with van der Waals surface area (Å²) >= 11 is 0. The Morgan fingerprint density at radius 2 is 1.87 bits per heavy atom. The number of nitrogens with one attached hydrogen (secondary N) is 1. The van der Waals surface area contributed by atoms with Crippen LogP contribution in [0, 0.1) is 5.82 Å². The Kier molecular flexibility index (Phi) is 5.46. The summed E-state index contributed by atoms with van der Waals surface area (Å²) in [7, 11) is 0. The van der Waals surface area contributed by atoms with Crippen molar-refractivity contribution in [3.8, 4) is 0 Å². The van der Waals surface area contributed by atoms with Crippen molar-refractivity contribution < 1.29 is 22.5 Å². The van der Waals surface area contributed by atoms with Crippen molar-refractivity contribution in [2.45, 2.75) is 19.4 Å². The molecule has 0 bridgehead atoms. The fourth-order valence-corrected chi connectivity index (χ4v) is 3.03. The van der Waals surface area contributed by atoms with Crippen LogP contribution in [0.15, 0.2) is 53.1 Å². The predicted molar refractivity (Wildman–Crippen MR) is 101 cm³/mol. The van der Waals surface area contributed by atoms with Crippen LogP contribution in [0.3, 0.4) is 0 Å². The number of amides is 1. The number of benzene rings is 2. The van der Waals surface area contributed by atoms with Gasteiger partial charge in [-0.15, -0.1) is 0 Å². The molecule has 10 heteroatoms. The Morgan fingerprint density at radius 1 is 1.10 bits per heavy atom. The quantitative estimate of drug-likeness (QED) is 0.499. The van der Waals surface area contributed by atoms with Crippen LogP contribution in [0.2, 0.25) is 0 Å². The Morgan fingerprint density at radius 3 is 2.63 bits per heavy atom. The number of carbonyl (C=O) groups excluding carboxylic acids is 1. The summed E-state index contributed by atoms with van der Waals surface area (Å²) in [5.41, 5.74) is 1.78. The van der Waals surface area contributed by atoms with E-state index in [1.807, 2.05) is 0 Å². The molecule has 0 unspecified atom stereocenters. The number of nitrogens with zero attached hydrogens (tertiary/aromatic N) is 4. The second-order valence-corrected chi connectivity index (χ2v) is 6.49. The van der Waals surface area contributed by atoms with Crippen LogP contribution in [0.5, 0.6) is 0 Å². The lowest BCUT2D eigenvalue weighted by atomic mass is 10.1. The molecule has 2 aromatic carbocycles. The van der Waals surface area contributed by atoms with E-state index in [9.17, 15) is 18.0 Å². The number of fused-ring (bicyclic) bond motifs is 1. The van der Waals surface area contributed by atoms with Crippen molar-refractivity contribution in [1.29, 1.82) is 0 Å². The molecular weight excluding hydrogens is 399 g/mol. The lowest BCUT2D eigenvalue weighted by molar-refractivity contribution is 0.0910. The van der Waals surface area contributed by atoms with E-state index >= 15 is 0 Å². The molecule has 7 nitrogen and oxygen atoms in total. The van der Waals surface area contributed by atoms with Gasteiger partial charge in [0.25, 0.3) is 6.43 Å². The molecule has 0 fully saturated rings. The first-order chi connectivity index (χ1) is 14.5. The minimum atomic E-state index is -2.78. The first kappa shape index (κ1) is 19.6. The summed E-state index contributed by atoms with van der Waals surface area (Å²) in [6.07, 6.45) is -2.29. The molecule has 0 radical (unpaired) electrons. The van der Waals surface area contributed by atoms with Gasteiger partial charge >= 0.3 is 11.8 Å². The number of alkyl halides is 2. The Bertz CT molecular complexity index is 1170. The third-order valence-electron chi connectivity index (χ3n) is 4.45. The molecule has 4 aromatic rings. The third kappa shape index (κ3) is 4.17. The SMILES string of the molecule is O=C(NCCc1ccc(F)cc1)c1nc(Cn2c(C(F)F)nc3ccccc32)no1. The number of carbonyl (C=O) groups is 1. The lowest BCUT2D eigenvalue weighted by Crippen LogP contribution is -2.26. The van der Waals surface area contributed by atoms with Crippen LogP contribution in [-0.2, 0) is 13.0 Å². The monoisotopic (exact) mass is 415 g/mol. The van der Waals surface area contributed by atoms with Crippen molar-refractivity contribution in [3.63, 3.8) is 0 Å². The number of para-hydroxylation sites is 2.